The van der Waals surface area contributed by atoms with E-state index in [-0.39, 0.29) is 18.4 Å². The Morgan fingerprint density at radius 2 is 2.12 bits per heavy atom. The van der Waals surface area contributed by atoms with Crippen molar-refractivity contribution in [3.63, 3.8) is 0 Å². The number of primary amides is 1. The molecule has 2 heterocycles. The quantitative estimate of drug-likeness (QED) is 0.767. The molecule has 1 aromatic heterocycles. The molecule has 0 saturated carbocycles. The third-order valence-electron chi connectivity index (χ3n) is 4.09. The second kappa shape index (κ2) is 7.25. The Morgan fingerprint density at radius 1 is 1.33 bits per heavy atom. The summed E-state index contributed by atoms with van der Waals surface area (Å²) in [7, 11) is 0. The lowest BCUT2D eigenvalue weighted by Gasteiger charge is -2.10. The average Bonchev–Trinajstić information content (AvgIpc) is 3.12. The van der Waals surface area contributed by atoms with Crippen LogP contribution >= 0.6 is 0 Å². The Morgan fingerprint density at radius 3 is 2.79 bits per heavy atom. The lowest BCUT2D eigenvalue weighted by molar-refractivity contribution is -0.119. The van der Waals surface area contributed by atoms with Gasteiger partial charge in [0, 0.05) is 25.4 Å². The maximum Gasteiger partial charge on any atom is 0.225 e. The van der Waals surface area contributed by atoms with Crippen LogP contribution in [0.1, 0.15) is 30.1 Å². The van der Waals surface area contributed by atoms with Crippen molar-refractivity contribution in [1.82, 2.24) is 20.1 Å². The van der Waals surface area contributed by atoms with Crippen LogP contribution in [0.3, 0.4) is 0 Å². The molecule has 3 N–H and O–H groups in total. The molecule has 24 heavy (non-hydrogen) atoms. The molecule has 2 amide bonds. The predicted octanol–water partition coefficient (Wildman–Crippen LogP) is 0.370. The fourth-order valence-electron chi connectivity index (χ4n) is 2.92. The number of nitrogens with two attached hydrogens (primary N) is 1. The van der Waals surface area contributed by atoms with Gasteiger partial charge in [-0.05, 0) is 18.4 Å². The molecule has 3 rings (SSSR count). The topological polar surface area (TPSA) is 103 Å². The molecule has 1 saturated heterocycles. The van der Waals surface area contributed by atoms with Crippen molar-refractivity contribution in [2.75, 3.05) is 0 Å². The first-order valence-corrected chi connectivity index (χ1v) is 8.14. The Kier molecular flexibility index (Phi) is 4.88. The number of carbonyl (C=O) groups is 2. The maximum absolute atomic E-state index is 11.4. The van der Waals surface area contributed by atoms with Crippen LogP contribution in [-0.2, 0) is 35.4 Å². The highest BCUT2D eigenvalue weighted by Crippen LogP contribution is 2.13. The Hall–Kier alpha value is -2.70. The molecule has 126 valence electrons. The number of nitrogens with one attached hydrogen (secondary N) is 1. The zero-order valence-electron chi connectivity index (χ0n) is 13.4. The monoisotopic (exact) mass is 327 g/mol. The van der Waals surface area contributed by atoms with Crippen LogP contribution in [0.5, 0.6) is 0 Å². The van der Waals surface area contributed by atoms with Crippen LogP contribution < -0.4 is 11.1 Å². The molecule has 1 aliphatic heterocycles. The number of carbonyl (C=O) groups excluding carboxylic acids is 2. The van der Waals surface area contributed by atoms with Crippen molar-refractivity contribution in [2.24, 2.45) is 5.73 Å². The number of amides is 2. The van der Waals surface area contributed by atoms with Gasteiger partial charge in [0.15, 0.2) is 5.82 Å². The number of hydrogen-bond acceptors (Lipinski definition) is 4. The van der Waals surface area contributed by atoms with Crippen molar-refractivity contribution >= 4 is 11.8 Å². The summed E-state index contributed by atoms with van der Waals surface area (Å²) in [6, 6.07) is 10.2. The van der Waals surface area contributed by atoms with Gasteiger partial charge in [0.25, 0.3) is 0 Å². The molecule has 2 aromatic rings. The number of aryl methyl sites for hydroxylation is 2. The fourth-order valence-corrected chi connectivity index (χ4v) is 2.92. The lowest BCUT2D eigenvalue weighted by Crippen LogP contribution is -2.28. The molecular weight excluding hydrogens is 306 g/mol. The number of rotatable bonds is 7. The van der Waals surface area contributed by atoms with E-state index in [1.165, 1.54) is 5.56 Å². The van der Waals surface area contributed by atoms with Gasteiger partial charge in [0.2, 0.25) is 11.8 Å². The summed E-state index contributed by atoms with van der Waals surface area (Å²) in [5.41, 5.74) is 6.46. The molecule has 0 aliphatic carbocycles. The van der Waals surface area contributed by atoms with Gasteiger partial charge in [0.1, 0.15) is 5.82 Å². The third kappa shape index (κ3) is 4.18. The van der Waals surface area contributed by atoms with Crippen LogP contribution in [-0.4, -0.2) is 32.6 Å². The molecule has 1 aromatic carbocycles. The van der Waals surface area contributed by atoms with Gasteiger partial charge in [-0.3, -0.25) is 9.59 Å². The van der Waals surface area contributed by atoms with Gasteiger partial charge in [-0.2, -0.15) is 5.10 Å². The smallest absolute Gasteiger partial charge is 0.225 e. The summed E-state index contributed by atoms with van der Waals surface area (Å²) in [5, 5.41) is 7.36. The van der Waals surface area contributed by atoms with E-state index < -0.39 is 5.91 Å². The van der Waals surface area contributed by atoms with Crippen molar-refractivity contribution < 1.29 is 9.59 Å². The van der Waals surface area contributed by atoms with Crippen LogP contribution in [0.2, 0.25) is 0 Å². The van der Waals surface area contributed by atoms with Gasteiger partial charge < -0.3 is 11.1 Å². The highest BCUT2D eigenvalue weighted by atomic mass is 16.2. The van der Waals surface area contributed by atoms with E-state index in [1.807, 2.05) is 22.9 Å². The Balaban J connectivity index is 1.73. The normalized spacial score (nSPS) is 17.0. The summed E-state index contributed by atoms with van der Waals surface area (Å²) in [5.74, 6) is 0.855. The van der Waals surface area contributed by atoms with Gasteiger partial charge in [-0.1, -0.05) is 30.3 Å². The van der Waals surface area contributed by atoms with E-state index in [9.17, 15) is 9.59 Å². The summed E-state index contributed by atoms with van der Waals surface area (Å²) in [6.07, 6.45) is 2.82. The molecule has 1 aliphatic rings. The zero-order valence-corrected chi connectivity index (χ0v) is 13.4. The molecule has 7 nitrogen and oxygen atoms in total. The Bertz CT molecular complexity index is 726. The summed E-state index contributed by atoms with van der Waals surface area (Å²) < 4.78 is 1.83. The molecular formula is C17H21N5O2. The molecule has 1 fully saturated rings. The lowest BCUT2D eigenvalue weighted by atomic mass is 10.1. The SMILES string of the molecule is NC(=O)Cc1nc(C[C@H]2CCC(=O)N2)n(CCc2ccccc2)n1. The highest BCUT2D eigenvalue weighted by Gasteiger charge is 2.23. The fraction of sp³-hybridized carbons (Fsp3) is 0.412. The van der Waals surface area contributed by atoms with E-state index in [0.717, 1.165) is 18.7 Å². The van der Waals surface area contributed by atoms with Crippen molar-refractivity contribution in [2.45, 2.75) is 44.7 Å². The highest BCUT2D eigenvalue weighted by molar-refractivity contribution is 5.78. The first kappa shape index (κ1) is 16.2. The van der Waals surface area contributed by atoms with Gasteiger partial charge >= 0.3 is 0 Å². The maximum atomic E-state index is 11.4. The largest absolute Gasteiger partial charge is 0.369 e. The molecule has 1 atom stereocenters. The minimum absolute atomic E-state index is 0.0301. The summed E-state index contributed by atoms with van der Waals surface area (Å²) in [4.78, 5) is 27.0. The minimum Gasteiger partial charge on any atom is -0.369 e. The third-order valence-corrected chi connectivity index (χ3v) is 4.09. The van der Waals surface area contributed by atoms with Crippen molar-refractivity contribution in [3.8, 4) is 0 Å². The number of benzene rings is 1. The number of hydrogen-bond donors (Lipinski definition) is 2. The average molecular weight is 327 g/mol. The van der Waals surface area contributed by atoms with Gasteiger partial charge in [-0.15, -0.1) is 0 Å². The van der Waals surface area contributed by atoms with Crippen molar-refractivity contribution in [1.29, 1.82) is 0 Å². The van der Waals surface area contributed by atoms with E-state index in [0.29, 0.717) is 25.2 Å². The molecule has 0 radical (unpaired) electrons. The molecule has 0 unspecified atom stereocenters. The second-order valence-electron chi connectivity index (χ2n) is 6.05. The van der Waals surface area contributed by atoms with Crippen LogP contribution in [0, 0.1) is 0 Å². The molecule has 0 bridgehead atoms. The van der Waals surface area contributed by atoms with E-state index in [2.05, 4.69) is 27.5 Å². The minimum atomic E-state index is -0.448. The standard InChI is InChI=1S/C17H21N5O2/c18-14(23)11-15-20-16(10-13-6-7-17(24)19-13)22(21-15)9-8-12-4-2-1-3-5-12/h1-5,13H,6-11H2,(H2,18,23)(H,19,24)/t13-/m1/s1. The van der Waals surface area contributed by atoms with E-state index in [4.69, 9.17) is 5.73 Å². The van der Waals surface area contributed by atoms with Gasteiger partial charge in [-0.25, -0.2) is 9.67 Å². The molecule has 7 heteroatoms. The van der Waals surface area contributed by atoms with E-state index >= 15 is 0 Å². The predicted molar refractivity (Wildman–Crippen MR) is 87.9 cm³/mol. The first-order valence-electron chi connectivity index (χ1n) is 8.14. The number of aromatic nitrogens is 3. The van der Waals surface area contributed by atoms with Crippen LogP contribution in [0.25, 0.3) is 0 Å². The van der Waals surface area contributed by atoms with Gasteiger partial charge in [0.05, 0.1) is 6.42 Å². The number of nitrogens with zero attached hydrogens (tertiary/aromatic N) is 3. The first-order chi connectivity index (χ1) is 11.6. The van der Waals surface area contributed by atoms with Crippen LogP contribution in [0.15, 0.2) is 30.3 Å². The summed E-state index contributed by atoms with van der Waals surface area (Å²) >= 11 is 0. The van der Waals surface area contributed by atoms with Crippen LogP contribution in [0.4, 0.5) is 0 Å². The summed E-state index contributed by atoms with van der Waals surface area (Å²) in [6.45, 7) is 0.672. The van der Waals surface area contributed by atoms with E-state index in [1.54, 1.807) is 0 Å². The van der Waals surface area contributed by atoms with Crippen molar-refractivity contribution in [3.05, 3.63) is 47.5 Å². The Labute approximate surface area is 140 Å². The molecule has 0 spiro atoms. The second-order valence-corrected chi connectivity index (χ2v) is 6.05. The zero-order chi connectivity index (χ0) is 16.9.